The highest BCUT2D eigenvalue weighted by molar-refractivity contribution is 5.80. The molecule has 6 nitrogen and oxygen atoms in total. The summed E-state index contributed by atoms with van der Waals surface area (Å²) >= 11 is 0. The Labute approximate surface area is 62.4 Å². The number of nitrogens with two attached hydrogens (primary N) is 2. The molecule has 0 bridgehead atoms. The zero-order chi connectivity index (χ0) is 8.85. The van der Waals surface area contributed by atoms with E-state index in [2.05, 4.69) is 10.5 Å². The van der Waals surface area contributed by atoms with E-state index in [1.54, 1.807) is 0 Å². The normalized spacial score (nSPS) is 10.7. The molecular weight excluding hydrogens is 152 g/mol. The molecule has 0 radical (unpaired) electrons. The van der Waals surface area contributed by atoms with E-state index in [-0.39, 0.29) is 12.3 Å². The Morgan fingerprint density at radius 2 is 2.00 bits per heavy atom. The first-order valence-electron chi connectivity index (χ1n) is 2.63. The van der Waals surface area contributed by atoms with Gasteiger partial charge in [-0.1, -0.05) is 0 Å². The first-order valence-corrected chi connectivity index (χ1v) is 2.63. The van der Waals surface area contributed by atoms with Crippen molar-refractivity contribution in [3.05, 3.63) is 11.8 Å². The Morgan fingerprint density at radius 3 is 2.36 bits per heavy atom. The summed E-state index contributed by atoms with van der Waals surface area (Å²) in [6, 6.07) is 0. The van der Waals surface area contributed by atoms with Gasteiger partial charge in [0, 0.05) is 6.08 Å². The summed E-state index contributed by atoms with van der Waals surface area (Å²) in [5.41, 5.74) is 9.58. The van der Waals surface area contributed by atoms with Gasteiger partial charge in [-0.3, -0.25) is 0 Å². The van der Waals surface area contributed by atoms with Crippen molar-refractivity contribution in [1.29, 1.82) is 0 Å². The number of aliphatic carboxylic acids is 1. The van der Waals surface area contributed by atoms with Crippen molar-refractivity contribution in [3.63, 3.8) is 0 Å². The van der Waals surface area contributed by atoms with Crippen LogP contribution >= 0.6 is 0 Å². The van der Waals surface area contributed by atoms with Gasteiger partial charge >= 0.3 is 12.1 Å². The van der Waals surface area contributed by atoms with Gasteiger partial charge in [0.1, 0.15) is 6.61 Å². The van der Waals surface area contributed by atoms with Crippen molar-refractivity contribution in [2.24, 2.45) is 11.5 Å². The van der Waals surface area contributed by atoms with Crippen LogP contribution in [0.25, 0.3) is 0 Å². The lowest BCUT2D eigenvalue weighted by molar-refractivity contribution is -0.131. The summed E-state index contributed by atoms with van der Waals surface area (Å²) in [5.74, 6) is -1.20. The number of carboxylic acids is 1. The molecule has 0 aromatic carbocycles. The van der Waals surface area contributed by atoms with Gasteiger partial charge in [0.25, 0.3) is 0 Å². The van der Waals surface area contributed by atoms with Crippen molar-refractivity contribution in [3.8, 4) is 0 Å². The highest BCUT2D eigenvalue weighted by atomic mass is 16.5. The first-order chi connectivity index (χ1) is 5.02. The number of hydrogen-bond acceptors (Lipinski definition) is 4. The molecule has 0 aliphatic rings. The second kappa shape index (κ2) is 4.15. The average Bonchev–Trinajstić information content (AvgIpc) is 1.82. The number of carbonyl (C=O) groups excluding carboxylic acids is 1. The van der Waals surface area contributed by atoms with Crippen LogP contribution in [0, 0.1) is 0 Å². The molecule has 0 fully saturated rings. The number of carbonyl (C=O) groups is 2. The third-order valence-corrected chi connectivity index (χ3v) is 0.690. The lowest BCUT2D eigenvalue weighted by Gasteiger charge is -1.98. The van der Waals surface area contributed by atoms with Crippen LogP contribution in [-0.2, 0) is 9.53 Å². The summed E-state index contributed by atoms with van der Waals surface area (Å²) in [5, 5.41) is 8.12. The van der Waals surface area contributed by atoms with E-state index >= 15 is 0 Å². The third-order valence-electron chi connectivity index (χ3n) is 0.690. The third kappa shape index (κ3) is 6.16. The summed E-state index contributed by atoms with van der Waals surface area (Å²) in [4.78, 5) is 19.9. The molecular formula is C5H8N2O4. The molecule has 0 atom stereocenters. The van der Waals surface area contributed by atoms with E-state index in [4.69, 9.17) is 10.8 Å². The van der Waals surface area contributed by atoms with Gasteiger partial charge < -0.3 is 21.3 Å². The predicted octanol–water partition coefficient (Wildman–Crippen LogP) is -0.991. The van der Waals surface area contributed by atoms with Crippen LogP contribution in [0.15, 0.2) is 11.8 Å². The molecule has 0 saturated carbocycles. The second-order valence-corrected chi connectivity index (χ2v) is 1.67. The minimum absolute atomic E-state index is 0.0729. The molecule has 5 N–H and O–H groups in total. The average molecular weight is 160 g/mol. The molecule has 62 valence electrons. The van der Waals surface area contributed by atoms with E-state index in [0.717, 1.165) is 6.08 Å². The van der Waals surface area contributed by atoms with Gasteiger partial charge in [-0.15, -0.1) is 0 Å². The monoisotopic (exact) mass is 160 g/mol. The van der Waals surface area contributed by atoms with Crippen LogP contribution in [0.2, 0.25) is 0 Å². The van der Waals surface area contributed by atoms with Crippen molar-refractivity contribution in [1.82, 2.24) is 0 Å². The van der Waals surface area contributed by atoms with Crippen LogP contribution in [0.3, 0.4) is 0 Å². The predicted molar refractivity (Wildman–Crippen MR) is 35.4 cm³/mol. The van der Waals surface area contributed by atoms with Crippen LogP contribution in [-0.4, -0.2) is 23.8 Å². The van der Waals surface area contributed by atoms with Gasteiger partial charge in [0.05, 0.1) is 5.70 Å². The van der Waals surface area contributed by atoms with E-state index in [1.807, 2.05) is 0 Å². The maximum atomic E-state index is 9.96. The van der Waals surface area contributed by atoms with E-state index in [1.165, 1.54) is 0 Å². The zero-order valence-corrected chi connectivity index (χ0v) is 5.61. The van der Waals surface area contributed by atoms with Gasteiger partial charge in [-0.05, 0) is 0 Å². The number of carboxylic acid groups (broad SMARTS) is 1. The summed E-state index contributed by atoms with van der Waals surface area (Å²) in [6.45, 7) is -0.304. The van der Waals surface area contributed by atoms with Crippen molar-refractivity contribution < 1.29 is 19.4 Å². The summed E-state index contributed by atoms with van der Waals surface area (Å²) < 4.78 is 4.19. The standard InChI is InChI=1S/C5H8N2O4/c6-3(1-4(8)9)2-11-5(7)10/h1H,2,6H2,(H2,7,10)(H,8,9)/b3-1-. The number of ether oxygens (including phenoxy) is 1. The number of primary amides is 1. The molecule has 6 heteroatoms. The van der Waals surface area contributed by atoms with Crippen LogP contribution < -0.4 is 11.5 Å². The van der Waals surface area contributed by atoms with E-state index < -0.39 is 12.1 Å². The lowest BCUT2D eigenvalue weighted by atomic mass is 10.4. The van der Waals surface area contributed by atoms with Crippen LogP contribution in [0.4, 0.5) is 4.79 Å². The SMILES string of the molecule is NC(=O)OC/C(N)=C/C(=O)O. The molecule has 1 amide bonds. The summed E-state index contributed by atoms with van der Waals surface area (Å²) in [6.07, 6.45) is -0.269. The molecule has 0 spiro atoms. The van der Waals surface area contributed by atoms with Crippen LogP contribution in [0.1, 0.15) is 0 Å². The molecule has 0 rings (SSSR count). The van der Waals surface area contributed by atoms with E-state index in [9.17, 15) is 9.59 Å². The molecule has 0 saturated heterocycles. The second-order valence-electron chi connectivity index (χ2n) is 1.67. The molecule has 0 aliphatic carbocycles. The summed E-state index contributed by atoms with van der Waals surface area (Å²) in [7, 11) is 0. The van der Waals surface area contributed by atoms with Crippen molar-refractivity contribution in [2.45, 2.75) is 0 Å². The number of hydrogen-bond donors (Lipinski definition) is 3. The van der Waals surface area contributed by atoms with Gasteiger partial charge in [0.2, 0.25) is 0 Å². The molecule has 11 heavy (non-hydrogen) atoms. The fraction of sp³-hybridized carbons (Fsp3) is 0.200. The zero-order valence-electron chi connectivity index (χ0n) is 5.61. The molecule has 0 aromatic rings. The Balaban J connectivity index is 3.77. The highest BCUT2D eigenvalue weighted by Crippen LogP contribution is 1.85. The maximum absolute atomic E-state index is 9.96. The van der Waals surface area contributed by atoms with Gasteiger partial charge in [-0.2, -0.15) is 0 Å². The Kier molecular flexibility index (Phi) is 3.50. The molecule has 0 aliphatic heterocycles. The fourth-order valence-corrected chi connectivity index (χ4v) is 0.355. The molecule has 0 heterocycles. The Morgan fingerprint density at radius 1 is 1.45 bits per heavy atom. The Bertz CT molecular complexity index is 199. The Hall–Kier alpha value is -1.72. The van der Waals surface area contributed by atoms with Gasteiger partial charge in [-0.25, -0.2) is 9.59 Å². The van der Waals surface area contributed by atoms with Crippen molar-refractivity contribution in [2.75, 3.05) is 6.61 Å². The smallest absolute Gasteiger partial charge is 0.404 e. The topological polar surface area (TPSA) is 116 Å². The number of rotatable bonds is 3. The molecule has 0 aromatic heterocycles. The minimum Gasteiger partial charge on any atom is -0.478 e. The van der Waals surface area contributed by atoms with Crippen molar-refractivity contribution >= 4 is 12.1 Å². The lowest BCUT2D eigenvalue weighted by Crippen LogP contribution is -2.18. The minimum atomic E-state index is -1.20. The first kappa shape index (κ1) is 9.28. The van der Waals surface area contributed by atoms with Crippen LogP contribution in [0.5, 0.6) is 0 Å². The quantitative estimate of drug-likeness (QED) is 0.458. The maximum Gasteiger partial charge on any atom is 0.404 e. The molecule has 0 unspecified atom stereocenters. The largest absolute Gasteiger partial charge is 0.478 e. The fourth-order valence-electron chi connectivity index (χ4n) is 0.355. The van der Waals surface area contributed by atoms with E-state index in [0.29, 0.717) is 0 Å². The number of amides is 1. The van der Waals surface area contributed by atoms with Gasteiger partial charge in [0.15, 0.2) is 0 Å². The highest BCUT2D eigenvalue weighted by Gasteiger charge is 1.97.